The SMILES string of the molecule is CCNCc1cc(F)ccc1OCCCC#N. The highest BCUT2D eigenvalue weighted by atomic mass is 19.1. The average molecular weight is 236 g/mol. The van der Waals surface area contributed by atoms with Crippen LogP contribution >= 0.6 is 0 Å². The Morgan fingerprint density at radius 3 is 3.00 bits per heavy atom. The van der Waals surface area contributed by atoms with Gasteiger partial charge in [-0.3, -0.25) is 0 Å². The first-order valence-electron chi connectivity index (χ1n) is 5.76. The molecule has 0 radical (unpaired) electrons. The van der Waals surface area contributed by atoms with Gasteiger partial charge in [-0.1, -0.05) is 6.92 Å². The highest BCUT2D eigenvalue weighted by Crippen LogP contribution is 2.19. The quantitative estimate of drug-likeness (QED) is 0.740. The number of rotatable bonds is 7. The number of ether oxygens (including phenoxy) is 1. The van der Waals surface area contributed by atoms with Gasteiger partial charge in [-0.05, 0) is 31.2 Å². The largest absolute Gasteiger partial charge is 0.493 e. The molecule has 0 saturated carbocycles. The number of nitrogens with zero attached hydrogens (tertiary/aromatic N) is 1. The molecule has 0 amide bonds. The molecule has 0 unspecified atom stereocenters. The predicted octanol–water partition coefficient (Wildman–Crippen LogP) is 2.62. The molecule has 0 heterocycles. The molecule has 0 bridgehead atoms. The number of halogens is 1. The summed E-state index contributed by atoms with van der Waals surface area (Å²) < 4.78 is 18.6. The normalized spacial score (nSPS) is 9.94. The summed E-state index contributed by atoms with van der Waals surface area (Å²) in [6.45, 7) is 3.89. The Morgan fingerprint density at radius 1 is 1.47 bits per heavy atom. The maximum absolute atomic E-state index is 13.1. The molecule has 0 spiro atoms. The maximum atomic E-state index is 13.1. The molecule has 1 aromatic rings. The predicted molar refractivity (Wildman–Crippen MR) is 64.1 cm³/mol. The van der Waals surface area contributed by atoms with Crippen molar-refractivity contribution in [2.24, 2.45) is 0 Å². The zero-order valence-corrected chi connectivity index (χ0v) is 10.0. The summed E-state index contributed by atoms with van der Waals surface area (Å²) in [5.74, 6) is 0.424. The summed E-state index contributed by atoms with van der Waals surface area (Å²) in [6, 6.07) is 6.55. The van der Waals surface area contributed by atoms with Gasteiger partial charge in [0, 0.05) is 18.5 Å². The third-order valence-corrected chi connectivity index (χ3v) is 2.28. The molecule has 0 aliphatic rings. The fourth-order valence-corrected chi connectivity index (χ4v) is 1.42. The molecule has 17 heavy (non-hydrogen) atoms. The molecule has 0 aromatic heterocycles. The minimum Gasteiger partial charge on any atom is -0.493 e. The Labute approximate surface area is 101 Å². The van der Waals surface area contributed by atoms with Crippen molar-refractivity contribution in [3.05, 3.63) is 29.6 Å². The average Bonchev–Trinajstić information content (AvgIpc) is 2.34. The lowest BCUT2D eigenvalue weighted by Gasteiger charge is -2.11. The minimum atomic E-state index is -0.262. The van der Waals surface area contributed by atoms with Crippen molar-refractivity contribution in [1.82, 2.24) is 5.32 Å². The second kappa shape index (κ2) is 7.64. The van der Waals surface area contributed by atoms with Crippen molar-refractivity contribution in [3.63, 3.8) is 0 Å². The van der Waals surface area contributed by atoms with E-state index in [0.29, 0.717) is 31.7 Å². The van der Waals surface area contributed by atoms with E-state index >= 15 is 0 Å². The van der Waals surface area contributed by atoms with Crippen molar-refractivity contribution >= 4 is 0 Å². The van der Waals surface area contributed by atoms with Gasteiger partial charge in [0.1, 0.15) is 11.6 Å². The fraction of sp³-hybridized carbons (Fsp3) is 0.462. The Hall–Kier alpha value is -1.60. The van der Waals surface area contributed by atoms with Gasteiger partial charge in [-0.15, -0.1) is 0 Å². The molecule has 0 atom stereocenters. The minimum absolute atomic E-state index is 0.262. The Balaban J connectivity index is 2.59. The first kappa shape index (κ1) is 13.5. The van der Waals surface area contributed by atoms with Crippen LogP contribution in [-0.2, 0) is 6.54 Å². The molecule has 3 nitrogen and oxygen atoms in total. The highest BCUT2D eigenvalue weighted by molar-refractivity contribution is 5.33. The smallest absolute Gasteiger partial charge is 0.123 e. The van der Waals surface area contributed by atoms with E-state index in [1.807, 2.05) is 6.92 Å². The third kappa shape index (κ3) is 4.83. The highest BCUT2D eigenvalue weighted by Gasteiger charge is 2.04. The first-order chi connectivity index (χ1) is 8.27. The fourth-order valence-electron chi connectivity index (χ4n) is 1.42. The molecule has 4 heteroatoms. The summed E-state index contributed by atoms with van der Waals surface area (Å²) in [5, 5.41) is 11.5. The zero-order chi connectivity index (χ0) is 12.5. The monoisotopic (exact) mass is 236 g/mol. The van der Waals surface area contributed by atoms with E-state index in [0.717, 1.165) is 12.1 Å². The van der Waals surface area contributed by atoms with Crippen LogP contribution in [0, 0.1) is 17.1 Å². The van der Waals surface area contributed by atoms with E-state index < -0.39 is 0 Å². The standard InChI is InChI=1S/C13H17FN2O/c1-2-16-10-11-9-12(14)5-6-13(11)17-8-4-3-7-15/h5-6,9,16H,2-4,8,10H2,1H3. The van der Waals surface area contributed by atoms with E-state index in [4.69, 9.17) is 10.00 Å². The van der Waals surface area contributed by atoms with Crippen molar-refractivity contribution in [2.45, 2.75) is 26.3 Å². The summed E-state index contributed by atoms with van der Waals surface area (Å²) >= 11 is 0. The van der Waals surface area contributed by atoms with Crippen LogP contribution in [0.3, 0.4) is 0 Å². The van der Waals surface area contributed by atoms with E-state index in [9.17, 15) is 4.39 Å². The van der Waals surface area contributed by atoms with E-state index in [-0.39, 0.29) is 5.82 Å². The second-order valence-corrected chi connectivity index (χ2v) is 3.64. The van der Waals surface area contributed by atoms with E-state index in [2.05, 4.69) is 11.4 Å². The number of hydrogen-bond donors (Lipinski definition) is 1. The number of hydrogen-bond acceptors (Lipinski definition) is 3. The summed E-state index contributed by atoms with van der Waals surface area (Å²) in [7, 11) is 0. The van der Waals surface area contributed by atoms with Crippen LogP contribution in [0.25, 0.3) is 0 Å². The van der Waals surface area contributed by atoms with Crippen molar-refractivity contribution < 1.29 is 9.13 Å². The van der Waals surface area contributed by atoms with Gasteiger partial charge in [-0.2, -0.15) is 5.26 Å². The lowest BCUT2D eigenvalue weighted by Crippen LogP contribution is -2.13. The van der Waals surface area contributed by atoms with Crippen LogP contribution in [0.15, 0.2) is 18.2 Å². The van der Waals surface area contributed by atoms with E-state index in [1.165, 1.54) is 12.1 Å². The Bertz CT molecular complexity index is 387. The number of unbranched alkanes of at least 4 members (excludes halogenated alkanes) is 1. The van der Waals surface area contributed by atoms with Gasteiger partial charge in [0.25, 0.3) is 0 Å². The Morgan fingerprint density at radius 2 is 2.29 bits per heavy atom. The van der Waals surface area contributed by atoms with Gasteiger partial charge in [0.15, 0.2) is 0 Å². The molecule has 0 aliphatic heterocycles. The van der Waals surface area contributed by atoms with Crippen LogP contribution in [0.2, 0.25) is 0 Å². The zero-order valence-electron chi connectivity index (χ0n) is 10.0. The van der Waals surface area contributed by atoms with Crippen LogP contribution < -0.4 is 10.1 Å². The molecular weight excluding hydrogens is 219 g/mol. The molecule has 0 aliphatic carbocycles. The topological polar surface area (TPSA) is 45.0 Å². The van der Waals surface area contributed by atoms with Gasteiger partial charge >= 0.3 is 0 Å². The molecule has 92 valence electrons. The summed E-state index contributed by atoms with van der Waals surface area (Å²) in [5.41, 5.74) is 0.809. The molecule has 1 N–H and O–H groups in total. The van der Waals surface area contributed by atoms with Crippen molar-refractivity contribution in [1.29, 1.82) is 5.26 Å². The van der Waals surface area contributed by atoms with E-state index in [1.54, 1.807) is 6.07 Å². The van der Waals surface area contributed by atoms with Gasteiger partial charge in [-0.25, -0.2) is 4.39 Å². The molecule has 0 saturated heterocycles. The van der Waals surface area contributed by atoms with Crippen molar-refractivity contribution in [3.8, 4) is 11.8 Å². The third-order valence-electron chi connectivity index (χ3n) is 2.28. The van der Waals surface area contributed by atoms with Gasteiger partial charge in [0.05, 0.1) is 12.7 Å². The molecule has 0 fully saturated rings. The summed E-state index contributed by atoms with van der Waals surface area (Å²) in [6.07, 6.45) is 1.16. The lowest BCUT2D eigenvalue weighted by atomic mass is 10.2. The first-order valence-corrected chi connectivity index (χ1v) is 5.76. The van der Waals surface area contributed by atoms with Gasteiger partial charge < -0.3 is 10.1 Å². The van der Waals surface area contributed by atoms with Crippen LogP contribution in [0.5, 0.6) is 5.75 Å². The Kier molecular flexibility index (Phi) is 6.05. The number of benzene rings is 1. The molecule has 1 rings (SSSR count). The number of nitrogens with one attached hydrogen (secondary N) is 1. The molecule has 1 aromatic carbocycles. The maximum Gasteiger partial charge on any atom is 0.123 e. The summed E-state index contributed by atoms with van der Waals surface area (Å²) in [4.78, 5) is 0. The van der Waals surface area contributed by atoms with Gasteiger partial charge in [0.2, 0.25) is 0 Å². The molecular formula is C13H17FN2O. The lowest BCUT2D eigenvalue weighted by molar-refractivity contribution is 0.308. The van der Waals surface area contributed by atoms with Crippen LogP contribution in [0.4, 0.5) is 4.39 Å². The second-order valence-electron chi connectivity index (χ2n) is 3.64. The van der Waals surface area contributed by atoms with Crippen LogP contribution in [0.1, 0.15) is 25.3 Å². The van der Waals surface area contributed by atoms with Crippen molar-refractivity contribution in [2.75, 3.05) is 13.2 Å². The van der Waals surface area contributed by atoms with Crippen LogP contribution in [-0.4, -0.2) is 13.2 Å². The number of nitriles is 1.